The Bertz CT molecular complexity index is 994. The molecule has 2 aromatic heterocycles. The van der Waals surface area contributed by atoms with Crippen LogP contribution >= 0.6 is 0 Å². The van der Waals surface area contributed by atoms with Crippen LogP contribution in [-0.4, -0.2) is 59.1 Å². The maximum absolute atomic E-state index is 13.1. The van der Waals surface area contributed by atoms with Gasteiger partial charge in [-0.25, -0.2) is 13.2 Å². The molecule has 0 spiro atoms. The van der Waals surface area contributed by atoms with Crippen LogP contribution in [-0.2, 0) is 21.8 Å². The first-order chi connectivity index (χ1) is 13.3. The standard InChI is InChI=1S/C17H23N5O5S/c1-3-27-17(24)14-7-12(10-21(14)2)28(25,26)22-6-4-5-11(9-22)15-13(16(18)23)8-19-20-15/h7-8,10-11H,3-6,9H2,1-2H3,(H2,18,23)(H,19,20)/t11-/m1/s1. The Morgan fingerprint density at radius 3 is 2.86 bits per heavy atom. The Morgan fingerprint density at radius 2 is 2.18 bits per heavy atom. The molecule has 1 atom stereocenters. The zero-order valence-corrected chi connectivity index (χ0v) is 16.5. The summed E-state index contributed by atoms with van der Waals surface area (Å²) in [6.45, 7) is 2.42. The van der Waals surface area contributed by atoms with Crippen molar-refractivity contribution in [2.24, 2.45) is 12.8 Å². The summed E-state index contributed by atoms with van der Waals surface area (Å²) in [7, 11) is -2.22. The number of ether oxygens (including phenoxy) is 1. The molecule has 0 saturated carbocycles. The number of esters is 1. The fraction of sp³-hybridized carbons (Fsp3) is 0.471. The van der Waals surface area contributed by atoms with Crippen molar-refractivity contribution >= 4 is 21.9 Å². The normalized spacial score (nSPS) is 18.1. The highest BCUT2D eigenvalue weighted by atomic mass is 32.2. The van der Waals surface area contributed by atoms with E-state index >= 15 is 0 Å². The van der Waals surface area contributed by atoms with Crippen molar-refractivity contribution in [3.63, 3.8) is 0 Å². The van der Waals surface area contributed by atoms with Gasteiger partial charge in [-0.3, -0.25) is 9.89 Å². The van der Waals surface area contributed by atoms with Gasteiger partial charge in [0.1, 0.15) is 10.6 Å². The SMILES string of the molecule is CCOC(=O)c1cc(S(=O)(=O)N2CCC[C@@H](c3[nH]ncc3C(N)=O)C2)cn1C. The van der Waals surface area contributed by atoms with Gasteiger partial charge >= 0.3 is 5.97 Å². The minimum Gasteiger partial charge on any atom is -0.461 e. The van der Waals surface area contributed by atoms with Crippen LogP contribution in [0.5, 0.6) is 0 Å². The molecule has 1 aliphatic heterocycles. The highest BCUT2D eigenvalue weighted by Crippen LogP contribution is 2.31. The van der Waals surface area contributed by atoms with E-state index in [1.165, 1.54) is 27.3 Å². The number of nitrogens with zero attached hydrogens (tertiary/aromatic N) is 3. The van der Waals surface area contributed by atoms with E-state index in [1.54, 1.807) is 14.0 Å². The molecule has 152 valence electrons. The van der Waals surface area contributed by atoms with E-state index in [4.69, 9.17) is 10.5 Å². The van der Waals surface area contributed by atoms with E-state index in [1.807, 2.05) is 0 Å². The smallest absolute Gasteiger partial charge is 0.354 e. The zero-order chi connectivity index (χ0) is 20.5. The zero-order valence-electron chi connectivity index (χ0n) is 15.7. The van der Waals surface area contributed by atoms with Crippen molar-refractivity contribution < 1.29 is 22.7 Å². The molecule has 28 heavy (non-hydrogen) atoms. The highest BCUT2D eigenvalue weighted by Gasteiger charge is 2.34. The number of aromatic nitrogens is 3. The number of aryl methyl sites for hydroxylation is 1. The first-order valence-electron chi connectivity index (χ1n) is 8.92. The molecule has 0 radical (unpaired) electrons. The lowest BCUT2D eigenvalue weighted by Crippen LogP contribution is -2.39. The number of nitrogens with one attached hydrogen (secondary N) is 1. The minimum atomic E-state index is -3.82. The number of nitrogens with two attached hydrogens (primary N) is 1. The van der Waals surface area contributed by atoms with Gasteiger partial charge in [-0.15, -0.1) is 0 Å². The quantitative estimate of drug-likeness (QED) is 0.669. The second-order valence-corrected chi connectivity index (χ2v) is 8.59. The molecule has 3 heterocycles. The summed E-state index contributed by atoms with van der Waals surface area (Å²) in [6, 6.07) is 1.32. The van der Waals surface area contributed by atoms with Crippen LogP contribution < -0.4 is 5.73 Å². The molecule has 0 bridgehead atoms. The van der Waals surface area contributed by atoms with Crippen LogP contribution in [0.4, 0.5) is 0 Å². The van der Waals surface area contributed by atoms with Crippen molar-refractivity contribution in [1.82, 2.24) is 19.1 Å². The summed E-state index contributed by atoms with van der Waals surface area (Å²) in [5.41, 5.74) is 6.36. The molecule has 1 saturated heterocycles. The number of amides is 1. The van der Waals surface area contributed by atoms with Gasteiger partial charge in [-0.05, 0) is 25.8 Å². The predicted octanol–water partition coefficient (Wildman–Crippen LogP) is 0.592. The van der Waals surface area contributed by atoms with E-state index in [-0.39, 0.29) is 35.2 Å². The van der Waals surface area contributed by atoms with E-state index < -0.39 is 21.9 Å². The Labute approximate surface area is 162 Å². The first-order valence-corrected chi connectivity index (χ1v) is 10.4. The molecule has 1 fully saturated rings. The molecule has 0 aromatic carbocycles. The average Bonchev–Trinajstić information content (AvgIpc) is 3.29. The van der Waals surface area contributed by atoms with Crippen LogP contribution in [0, 0.1) is 0 Å². The van der Waals surface area contributed by atoms with Crippen molar-refractivity contribution in [3.8, 4) is 0 Å². The second kappa shape index (κ2) is 7.76. The highest BCUT2D eigenvalue weighted by molar-refractivity contribution is 7.89. The van der Waals surface area contributed by atoms with Crippen molar-refractivity contribution in [1.29, 1.82) is 0 Å². The van der Waals surface area contributed by atoms with Crippen molar-refractivity contribution in [3.05, 3.63) is 35.4 Å². The molecular formula is C17H23N5O5S. The Balaban J connectivity index is 1.86. The van der Waals surface area contributed by atoms with Gasteiger partial charge in [-0.2, -0.15) is 9.40 Å². The summed E-state index contributed by atoms with van der Waals surface area (Å²) in [5, 5.41) is 6.64. The number of piperidine rings is 1. The van der Waals surface area contributed by atoms with Crippen LogP contribution in [0.15, 0.2) is 23.4 Å². The van der Waals surface area contributed by atoms with Crippen LogP contribution in [0.1, 0.15) is 52.2 Å². The molecule has 0 unspecified atom stereocenters. The number of rotatable bonds is 6. The Kier molecular flexibility index (Phi) is 5.57. The number of carbonyl (C=O) groups excluding carboxylic acids is 2. The monoisotopic (exact) mass is 409 g/mol. The van der Waals surface area contributed by atoms with Crippen molar-refractivity contribution in [2.75, 3.05) is 19.7 Å². The third kappa shape index (κ3) is 3.67. The molecule has 10 nitrogen and oxygen atoms in total. The summed E-state index contributed by atoms with van der Waals surface area (Å²) in [5.74, 6) is -1.40. The summed E-state index contributed by atoms with van der Waals surface area (Å²) in [6.07, 6.45) is 4.08. The fourth-order valence-corrected chi connectivity index (χ4v) is 5.03. The fourth-order valence-electron chi connectivity index (χ4n) is 3.43. The number of primary amides is 1. The third-order valence-corrected chi connectivity index (χ3v) is 6.66. The van der Waals surface area contributed by atoms with Crippen molar-refractivity contribution in [2.45, 2.75) is 30.6 Å². The minimum absolute atomic E-state index is 0.0263. The summed E-state index contributed by atoms with van der Waals surface area (Å²) in [4.78, 5) is 23.6. The molecule has 3 N–H and O–H groups in total. The van der Waals surface area contributed by atoms with Gasteiger partial charge in [0.25, 0.3) is 5.91 Å². The van der Waals surface area contributed by atoms with Gasteiger partial charge in [0, 0.05) is 32.3 Å². The average molecular weight is 409 g/mol. The first kappa shape index (κ1) is 20.1. The number of sulfonamides is 1. The molecule has 1 aliphatic rings. The maximum atomic E-state index is 13.1. The molecule has 2 aromatic rings. The Hall–Kier alpha value is -2.66. The number of H-pyrrole nitrogens is 1. The van der Waals surface area contributed by atoms with Gasteiger partial charge in [-0.1, -0.05) is 0 Å². The molecule has 11 heteroatoms. The number of carbonyl (C=O) groups is 2. The summed E-state index contributed by atoms with van der Waals surface area (Å²) >= 11 is 0. The van der Waals surface area contributed by atoms with E-state index in [2.05, 4.69) is 10.2 Å². The predicted molar refractivity (Wildman–Crippen MR) is 99.2 cm³/mol. The number of aromatic amines is 1. The van der Waals surface area contributed by atoms with Gasteiger partial charge < -0.3 is 15.0 Å². The lowest BCUT2D eigenvalue weighted by Gasteiger charge is -2.31. The van der Waals surface area contributed by atoms with Gasteiger partial charge in [0.05, 0.1) is 24.1 Å². The van der Waals surface area contributed by atoms with E-state index in [9.17, 15) is 18.0 Å². The second-order valence-electron chi connectivity index (χ2n) is 6.66. The topological polar surface area (TPSA) is 140 Å². The third-order valence-electron chi connectivity index (χ3n) is 4.83. The number of hydrogen-bond donors (Lipinski definition) is 2. The molecule has 0 aliphatic carbocycles. The summed E-state index contributed by atoms with van der Waals surface area (Å²) < 4.78 is 34.0. The largest absolute Gasteiger partial charge is 0.461 e. The molecule has 3 rings (SSSR count). The lowest BCUT2D eigenvalue weighted by molar-refractivity contribution is 0.0515. The van der Waals surface area contributed by atoms with Crippen LogP contribution in [0.3, 0.4) is 0 Å². The maximum Gasteiger partial charge on any atom is 0.354 e. The lowest BCUT2D eigenvalue weighted by atomic mass is 9.93. The number of hydrogen-bond acceptors (Lipinski definition) is 6. The molecule has 1 amide bonds. The van der Waals surface area contributed by atoms with Gasteiger partial charge in [0.2, 0.25) is 10.0 Å². The van der Waals surface area contributed by atoms with E-state index in [0.717, 1.165) is 0 Å². The van der Waals surface area contributed by atoms with E-state index in [0.29, 0.717) is 25.1 Å². The van der Waals surface area contributed by atoms with Crippen LogP contribution in [0.2, 0.25) is 0 Å². The Morgan fingerprint density at radius 1 is 1.43 bits per heavy atom. The molecular weight excluding hydrogens is 386 g/mol. The van der Waals surface area contributed by atoms with Crippen LogP contribution in [0.25, 0.3) is 0 Å². The van der Waals surface area contributed by atoms with Gasteiger partial charge in [0.15, 0.2) is 0 Å².